The van der Waals surface area contributed by atoms with E-state index in [0.717, 1.165) is 33.8 Å². The molecule has 1 nitrogen and oxygen atoms in total. The van der Waals surface area contributed by atoms with Gasteiger partial charge in [0.15, 0.2) is 0 Å². The van der Waals surface area contributed by atoms with E-state index in [1.165, 1.54) is 60.5 Å². The molecule has 0 saturated carbocycles. The van der Waals surface area contributed by atoms with Gasteiger partial charge in [-0.2, -0.15) is 0 Å². The summed E-state index contributed by atoms with van der Waals surface area (Å²) in [4.78, 5) is 2.44. The molecule has 10 aromatic carbocycles. The van der Waals surface area contributed by atoms with Crippen LogP contribution in [0, 0.1) is 0 Å². The van der Waals surface area contributed by atoms with Gasteiger partial charge in [0.05, 0.1) is 11.4 Å². The van der Waals surface area contributed by atoms with Crippen LogP contribution in [0.1, 0.15) is 0 Å². The maximum Gasteiger partial charge on any atom is 0.0540 e. The third-order valence-electron chi connectivity index (χ3n) is 11.1. The zero-order valence-electron chi connectivity index (χ0n) is 31.5. The summed E-state index contributed by atoms with van der Waals surface area (Å²) in [6, 6.07) is 85.7. The van der Waals surface area contributed by atoms with E-state index in [1.807, 2.05) is 0 Å². The molecule has 0 saturated heterocycles. The minimum absolute atomic E-state index is 1.09. The van der Waals surface area contributed by atoms with Gasteiger partial charge in [-0.15, -0.1) is 0 Å². The van der Waals surface area contributed by atoms with Crippen LogP contribution >= 0.6 is 0 Å². The minimum Gasteiger partial charge on any atom is -0.309 e. The van der Waals surface area contributed by atoms with Crippen LogP contribution in [0.4, 0.5) is 17.1 Å². The third kappa shape index (κ3) is 6.56. The van der Waals surface area contributed by atoms with Crippen molar-refractivity contribution < 1.29 is 0 Å². The summed E-state index contributed by atoms with van der Waals surface area (Å²) >= 11 is 0. The van der Waals surface area contributed by atoms with Gasteiger partial charge in [0.2, 0.25) is 0 Å². The van der Waals surface area contributed by atoms with E-state index >= 15 is 0 Å². The van der Waals surface area contributed by atoms with E-state index in [-0.39, 0.29) is 0 Å². The number of hydrogen-bond donors (Lipinski definition) is 0. The number of hydrogen-bond acceptors (Lipinski definition) is 1. The highest BCUT2D eigenvalue weighted by Crippen LogP contribution is 2.47. The van der Waals surface area contributed by atoms with E-state index in [2.05, 4.69) is 241 Å². The van der Waals surface area contributed by atoms with Crippen LogP contribution < -0.4 is 4.90 Å². The Hall–Kier alpha value is -7.48. The average molecular weight is 726 g/mol. The Bertz CT molecular complexity index is 2990. The molecule has 0 radical (unpaired) electrons. The van der Waals surface area contributed by atoms with Crippen LogP contribution in [0.3, 0.4) is 0 Å². The van der Waals surface area contributed by atoms with Crippen LogP contribution in [0.15, 0.2) is 237 Å². The second-order valence-electron chi connectivity index (χ2n) is 14.5. The van der Waals surface area contributed by atoms with Crippen molar-refractivity contribution in [3.63, 3.8) is 0 Å². The highest BCUT2D eigenvalue weighted by atomic mass is 15.1. The van der Waals surface area contributed by atoms with Crippen LogP contribution in [-0.2, 0) is 0 Å². The number of rotatable bonds is 8. The lowest BCUT2D eigenvalue weighted by molar-refractivity contribution is 1.28. The summed E-state index contributed by atoms with van der Waals surface area (Å²) in [5.74, 6) is 0. The van der Waals surface area contributed by atoms with Crippen molar-refractivity contribution >= 4 is 38.6 Å². The van der Waals surface area contributed by atoms with E-state index in [0.29, 0.717) is 0 Å². The van der Waals surface area contributed by atoms with E-state index in [9.17, 15) is 0 Å². The Morgan fingerprint density at radius 3 is 1.44 bits per heavy atom. The van der Waals surface area contributed by atoms with Gasteiger partial charge >= 0.3 is 0 Å². The topological polar surface area (TPSA) is 3.24 Å². The molecule has 0 atom stereocenters. The molecule has 0 heterocycles. The summed E-state index contributed by atoms with van der Waals surface area (Å²) < 4.78 is 0. The Morgan fingerprint density at radius 2 is 0.719 bits per heavy atom. The first-order valence-electron chi connectivity index (χ1n) is 19.6. The molecule has 10 rings (SSSR count). The highest BCUT2D eigenvalue weighted by Gasteiger charge is 2.22. The molecule has 0 aliphatic rings. The van der Waals surface area contributed by atoms with Crippen molar-refractivity contribution in [3.8, 4) is 55.6 Å². The largest absolute Gasteiger partial charge is 0.309 e. The van der Waals surface area contributed by atoms with Gasteiger partial charge < -0.3 is 4.90 Å². The molecular weight excluding hydrogens is 687 g/mol. The standard InChI is InChI=1S/C56H39N/c1-4-17-40(18-5-1)42-31-34-48(35-32-42)57(56-36-33-44(41-19-6-2-7-20-41)38-54(56)43-21-8-3-9-22-43)55-30-15-14-27-50(55)45-24-16-25-46(37-45)53-39-47-23-10-11-26-49(47)51-28-12-13-29-52(51)53/h1-39H. The molecule has 57 heavy (non-hydrogen) atoms. The zero-order chi connectivity index (χ0) is 38.0. The predicted octanol–water partition coefficient (Wildman–Crippen LogP) is 15.8. The number of benzene rings is 10. The van der Waals surface area contributed by atoms with Gasteiger partial charge in [-0.25, -0.2) is 0 Å². The molecule has 0 aliphatic heterocycles. The Morgan fingerprint density at radius 1 is 0.228 bits per heavy atom. The molecule has 0 fully saturated rings. The molecular formula is C56H39N. The molecule has 0 aromatic heterocycles. The van der Waals surface area contributed by atoms with Crippen molar-refractivity contribution in [2.24, 2.45) is 0 Å². The van der Waals surface area contributed by atoms with Crippen molar-refractivity contribution in [1.82, 2.24) is 0 Å². The number of anilines is 3. The lowest BCUT2D eigenvalue weighted by Crippen LogP contribution is -2.12. The molecule has 0 bridgehead atoms. The Kier molecular flexibility index (Phi) is 8.95. The third-order valence-corrected chi connectivity index (χ3v) is 11.1. The maximum atomic E-state index is 2.44. The summed E-state index contributed by atoms with van der Waals surface area (Å²) in [5, 5.41) is 5.05. The first kappa shape index (κ1) is 34.0. The quantitative estimate of drug-likeness (QED) is 0.141. The number of para-hydroxylation sites is 1. The first-order chi connectivity index (χ1) is 28.3. The normalized spacial score (nSPS) is 11.2. The van der Waals surface area contributed by atoms with Gasteiger partial charge in [0.25, 0.3) is 0 Å². The van der Waals surface area contributed by atoms with E-state index in [1.54, 1.807) is 0 Å². The SMILES string of the molecule is c1ccc(-c2ccc(N(c3ccccc3-c3cccc(-c4cc5ccccc5c5ccccc45)c3)c3ccc(-c4ccccc4)cc3-c3ccccc3)cc2)cc1. The Balaban J connectivity index is 1.18. The van der Waals surface area contributed by atoms with Crippen molar-refractivity contribution in [2.45, 2.75) is 0 Å². The maximum absolute atomic E-state index is 2.44. The average Bonchev–Trinajstić information content (AvgIpc) is 3.30. The molecule has 0 amide bonds. The molecule has 10 aromatic rings. The zero-order valence-corrected chi connectivity index (χ0v) is 31.5. The molecule has 1 heteroatoms. The van der Waals surface area contributed by atoms with Gasteiger partial charge in [0.1, 0.15) is 0 Å². The summed E-state index contributed by atoms with van der Waals surface area (Å²) in [5.41, 5.74) is 15.1. The van der Waals surface area contributed by atoms with Crippen LogP contribution in [0.5, 0.6) is 0 Å². The molecule has 0 aliphatic carbocycles. The van der Waals surface area contributed by atoms with Crippen LogP contribution in [-0.4, -0.2) is 0 Å². The minimum atomic E-state index is 1.09. The molecule has 0 N–H and O–H groups in total. The lowest BCUT2D eigenvalue weighted by atomic mass is 9.91. The highest BCUT2D eigenvalue weighted by molar-refractivity contribution is 6.14. The fourth-order valence-corrected chi connectivity index (χ4v) is 8.29. The molecule has 0 unspecified atom stereocenters. The second kappa shape index (κ2) is 15.0. The van der Waals surface area contributed by atoms with E-state index < -0.39 is 0 Å². The number of nitrogens with zero attached hydrogens (tertiary/aromatic N) is 1. The fourth-order valence-electron chi connectivity index (χ4n) is 8.29. The summed E-state index contributed by atoms with van der Waals surface area (Å²) in [6.45, 7) is 0. The smallest absolute Gasteiger partial charge is 0.0540 e. The van der Waals surface area contributed by atoms with Crippen molar-refractivity contribution in [2.75, 3.05) is 4.90 Å². The Labute approximate surface area is 334 Å². The summed E-state index contributed by atoms with van der Waals surface area (Å²) in [6.07, 6.45) is 0. The molecule has 0 spiro atoms. The van der Waals surface area contributed by atoms with Gasteiger partial charge in [-0.3, -0.25) is 0 Å². The monoisotopic (exact) mass is 725 g/mol. The second-order valence-corrected chi connectivity index (χ2v) is 14.5. The van der Waals surface area contributed by atoms with Crippen molar-refractivity contribution in [1.29, 1.82) is 0 Å². The van der Waals surface area contributed by atoms with Gasteiger partial charge in [-0.1, -0.05) is 194 Å². The predicted molar refractivity (Wildman–Crippen MR) is 243 cm³/mol. The molecule has 268 valence electrons. The van der Waals surface area contributed by atoms with Gasteiger partial charge in [-0.05, 0) is 109 Å². The van der Waals surface area contributed by atoms with Crippen LogP contribution in [0.2, 0.25) is 0 Å². The first-order valence-corrected chi connectivity index (χ1v) is 19.6. The summed E-state index contributed by atoms with van der Waals surface area (Å²) in [7, 11) is 0. The lowest BCUT2D eigenvalue weighted by Gasteiger charge is -2.30. The number of fused-ring (bicyclic) bond motifs is 3. The van der Waals surface area contributed by atoms with Crippen LogP contribution in [0.25, 0.3) is 77.2 Å². The van der Waals surface area contributed by atoms with Crippen molar-refractivity contribution in [3.05, 3.63) is 237 Å². The fraction of sp³-hybridized carbons (Fsp3) is 0. The van der Waals surface area contributed by atoms with Gasteiger partial charge in [0, 0.05) is 16.8 Å². The van der Waals surface area contributed by atoms with E-state index in [4.69, 9.17) is 0 Å².